The number of rotatable bonds is 5. The van der Waals surface area contributed by atoms with Gasteiger partial charge < -0.3 is 9.84 Å². The van der Waals surface area contributed by atoms with Crippen LogP contribution in [0.3, 0.4) is 0 Å². The molecule has 2 N–H and O–H groups in total. The van der Waals surface area contributed by atoms with Gasteiger partial charge in [0.05, 0.1) is 0 Å². The standard InChI is InChI=1S/C14H17N3O3S/c1-10(21(2)19)9-15-14(18)16-13-8-12(20-17-13)11-6-4-3-5-7-11/h3-8,10H,9H2,1-2H3,(H2,15,16,17,18)/t10-,21-/m1/s1. The minimum atomic E-state index is -0.971. The summed E-state index contributed by atoms with van der Waals surface area (Å²) in [6.45, 7) is 2.14. The summed E-state index contributed by atoms with van der Waals surface area (Å²) >= 11 is 0. The van der Waals surface area contributed by atoms with Crippen molar-refractivity contribution in [3.63, 3.8) is 0 Å². The number of benzene rings is 1. The second kappa shape index (κ2) is 7.03. The van der Waals surface area contributed by atoms with Gasteiger partial charge in [0, 0.05) is 40.5 Å². The Morgan fingerprint density at radius 3 is 2.76 bits per heavy atom. The fraction of sp³-hybridized carbons (Fsp3) is 0.286. The summed E-state index contributed by atoms with van der Waals surface area (Å²) in [5.41, 5.74) is 0.883. The molecule has 1 aromatic carbocycles. The van der Waals surface area contributed by atoms with Crippen molar-refractivity contribution in [3.8, 4) is 11.3 Å². The van der Waals surface area contributed by atoms with Crippen molar-refractivity contribution < 1.29 is 13.5 Å². The lowest BCUT2D eigenvalue weighted by atomic mass is 10.2. The van der Waals surface area contributed by atoms with Gasteiger partial charge in [0.2, 0.25) is 0 Å². The van der Waals surface area contributed by atoms with E-state index in [2.05, 4.69) is 15.8 Å². The molecule has 0 unspecified atom stereocenters. The molecule has 0 radical (unpaired) electrons. The number of hydrogen-bond donors (Lipinski definition) is 2. The quantitative estimate of drug-likeness (QED) is 0.887. The van der Waals surface area contributed by atoms with E-state index in [1.165, 1.54) is 0 Å². The number of nitrogens with zero attached hydrogens (tertiary/aromatic N) is 1. The van der Waals surface area contributed by atoms with E-state index in [1.54, 1.807) is 19.2 Å². The highest BCUT2D eigenvalue weighted by atomic mass is 32.2. The molecule has 0 aliphatic rings. The van der Waals surface area contributed by atoms with Gasteiger partial charge in [-0.1, -0.05) is 35.5 Å². The molecule has 6 nitrogen and oxygen atoms in total. The van der Waals surface area contributed by atoms with Crippen LogP contribution in [0, 0.1) is 0 Å². The molecular formula is C14H17N3O3S. The Hall–Kier alpha value is -2.15. The maximum absolute atomic E-state index is 11.7. The summed E-state index contributed by atoms with van der Waals surface area (Å²) < 4.78 is 16.4. The smallest absolute Gasteiger partial charge is 0.320 e. The highest BCUT2D eigenvalue weighted by molar-refractivity contribution is 7.84. The lowest BCUT2D eigenvalue weighted by Crippen LogP contribution is -2.35. The van der Waals surface area contributed by atoms with Crippen LogP contribution in [0.5, 0.6) is 0 Å². The first-order chi connectivity index (χ1) is 10.1. The highest BCUT2D eigenvalue weighted by Crippen LogP contribution is 2.21. The minimum absolute atomic E-state index is 0.104. The molecule has 0 fully saturated rings. The Morgan fingerprint density at radius 1 is 1.38 bits per heavy atom. The van der Waals surface area contributed by atoms with Crippen molar-refractivity contribution in [2.24, 2.45) is 0 Å². The van der Waals surface area contributed by atoms with Crippen molar-refractivity contribution in [1.29, 1.82) is 0 Å². The second-order valence-electron chi connectivity index (χ2n) is 4.59. The van der Waals surface area contributed by atoms with E-state index in [0.717, 1.165) is 5.56 Å². The van der Waals surface area contributed by atoms with Crippen LogP contribution in [0.1, 0.15) is 6.92 Å². The minimum Gasteiger partial charge on any atom is -0.354 e. The van der Waals surface area contributed by atoms with Crippen LogP contribution in [0.4, 0.5) is 10.6 Å². The molecule has 1 aromatic heterocycles. The first-order valence-corrected chi connectivity index (χ1v) is 8.07. The number of anilines is 1. The number of hydrogen-bond acceptors (Lipinski definition) is 4. The van der Waals surface area contributed by atoms with E-state index in [9.17, 15) is 9.00 Å². The number of urea groups is 1. The molecule has 2 amide bonds. The molecular weight excluding hydrogens is 290 g/mol. The molecule has 0 spiro atoms. The third-order valence-electron chi connectivity index (χ3n) is 2.93. The van der Waals surface area contributed by atoms with Gasteiger partial charge in [0.25, 0.3) is 0 Å². The molecule has 0 aliphatic carbocycles. The third kappa shape index (κ3) is 4.42. The molecule has 0 saturated heterocycles. The van der Waals surface area contributed by atoms with Crippen LogP contribution in [-0.2, 0) is 10.8 Å². The summed E-state index contributed by atoms with van der Waals surface area (Å²) in [6.07, 6.45) is 1.61. The van der Waals surface area contributed by atoms with Gasteiger partial charge in [-0.2, -0.15) is 0 Å². The van der Waals surface area contributed by atoms with E-state index in [4.69, 9.17) is 4.52 Å². The fourth-order valence-corrected chi connectivity index (χ4v) is 1.90. The van der Waals surface area contributed by atoms with Crippen molar-refractivity contribution in [2.75, 3.05) is 18.1 Å². The first-order valence-electron chi connectivity index (χ1n) is 6.45. The SMILES string of the molecule is C[C@H](CNC(=O)Nc1cc(-c2ccccc2)on1)[S@@](C)=O. The lowest BCUT2D eigenvalue weighted by molar-refractivity contribution is 0.252. The fourth-order valence-electron chi connectivity index (χ4n) is 1.59. The predicted molar refractivity (Wildman–Crippen MR) is 82.5 cm³/mol. The van der Waals surface area contributed by atoms with E-state index in [-0.39, 0.29) is 5.25 Å². The third-order valence-corrected chi connectivity index (χ3v) is 4.23. The van der Waals surface area contributed by atoms with E-state index in [0.29, 0.717) is 18.1 Å². The number of carbonyl (C=O) groups excluding carboxylic acids is 1. The monoisotopic (exact) mass is 307 g/mol. The summed E-state index contributed by atoms with van der Waals surface area (Å²) in [5.74, 6) is 0.908. The molecule has 2 rings (SSSR count). The maximum Gasteiger partial charge on any atom is 0.320 e. The molecule has 0 bridgehead atoms. The van der Waals surface area contributed by atoms with E-state index in [1.807, 2.05) is 30.3 Å². The van der Waals surface area contributed by atoms with Gasteiger partial charge in [-0.05, 0) is 6.92 Å². The van der Waals surface area contributed by atoms with Crippen molar-refractivity contribution in [1.82, 2.24) is 10.5 Å². The number of carbonyl (C=O) groups is 1. The van der Waals surface area contributed by atoms with Crippen LogP contribution in [-0.4, -0.2) is 33.4 Å². The Morgan fingerprint density at radius 2 is 2.10 bits per heavy atom. The largest absolute Gasteiger partial charge is 0.354 e. The average molecular weight is 307 g/mol. The van der Waals surface area contributed by atoms with Crippen molar-refractivity contribution in [3.05, 3.63) is 36.4 Å². The number of aromatic nitrogens is 1. The van der Waals surface area contributed by atoms with Crippen molar-refractivity contribution in [2.45, 2.75) is 12.2 Å². The Kier molecular flexibility index (Phi) is 5.10. The van der Waals surface area contributed by atoms with E-state index < -0.39 is 16.8 Å². The summed E-state index contributed by atoms with van der Waals surface area (Å²) in [7, 11) is -0.971. The molecule has 112 valence electrons. The first kappa shape index (κ1) is 15.2. The average Bonchev–Trinajstić information content (AvgIpc) is 2.94. The Bertz CT molecular complexity index is 627. The van der Waals surface area contributed by atoms with E-state index >= 15 is 0 Å². The highest BCUT2D eigenvalue weighted by Gasteiger charge is 2.11. The zero-order valence-corrected chi connectivity index (χ0v) is 12.6. The van der Waals surface area contributed by atoms with Crippen LogP contribution >= 0.6 is 0 Å². The van der Waals surface area contributed by atoms with Crippen LogP contribution in [0.15, 0.2) is 40.9 Å². The number of amides is 2. The maximum atomic E-state index is 11.7. The zero-order valence-electron chi connectivity index (χ0n) is 11.8. The molecule has 1 heterocycles. The lowest BCUT2D eigenvalue weighted by Gasteiger charge is -2.09. The van der Waals surface area contributed by atoms with Crippen LogP contribution < -0.4 is 10.6 Å². The molecule has 7 heteroatoms. The normalized spacial score (nSPS) is 13.4. The number of nitrogens with one attached hydrogen (secondary N) is 2. The summed E-state index contributed by atoms with van der Waals surface area (Å²) in [4.78, 5) is 11.7. The summed E-state index contributed by atoms with van der Waals surface area (Å²) in [5, 5.41) is 8.89. The summed E-state index contributed by atoms with van der Waals surface area (Å²) in [6, 6.07) is 10.7. The van der Waals surface area contributed by atoms with Gasteiger partial charge >= 0.3 is 6.03 Å². The van der Waals surface area contributed by atoms with Gasteiger partial charge in [-0.25, -0.2) is 4.79 Å². The van der Waals surface area contributed by atoms with Gasteiger partial charge in [0.1, 0.15) is 0 Å². The molecule has 0 aliphatic heterocycles. The van der Waals surface area contributed by atoms with Gasteiger partial charge in [0.15, 0.2) is 11.6 Å². The second-order valence-corrected chi connectivity index (χ2v) is 6.39. The van der Waals surface area contributed by atoms with Crippen LogP contribution in [0.25, 0.3) is 11.3 Å². The molecule has 2 atom stereocenters. The van der Waals surface area contributed by atoms with Gasteiger partial charge in [-0.15, -0.1) is 0 Å². The zero-order chi connectivity index (χ0) is 15.2. The van der Waals surface area contributed by atoms with Gasteiger partial charge in [-0.3, -0.25) is 9.53 Å². The Balaban J connectivity index is 1.91. The molecule has 0 saturated carbocycles. The molecule has 2 aromatic rings. The van der Waals surface area contributed by atoms with Crippen molar-refractivity contribution >= 4 is 22.6 Å². The van der Waals surface area contributed by atoms with Crippen LogP contribution in [0.2, 0.25) is 0 Å². The topological polar surface area (TPSA) is 84.2 Å². The molecule has 21 heavy (non-hydrogen) atoms. The Labute approximate surface area is 125 Å². The predicted octanol–water partition coefficient (Wildman–Crippen LogP) is 2.23.